The van der Waals surface area contributed by atoms with E-state index < -0.39 is 0 Å². The number of hydrogen-bond acceptors (Lipinski definition) is 3. The zero-order valence-electron chi connectivity index (χ0n) is 15.6. The van der Waals surface area contributed by atoms with Gasteiger partial charge in [0.15, 0.2) is 0 Å². The molecule has 27 heavy (non-hydrogen) atoms. The van der Waals surface area contributed by atoms with Crippen molar-refractivity contribution in [1.82, 2.24) is 20.0 Å². The van der Waals surface area contributed by atoms with E-state index in [-0.39, 0.29) is 5.91 Å². The number of fused-ring (bicyclic) bond motifs is 1. The number of carbonyl (C=O) groups excluding carboxylic acids is 1. The molecule has 138 valence electrons. The van der Waals surface area contributed by atoms with Gasteiger partial charge < -0.3 is 5.32 Å². The summed E-state index contributed by atoms with van der Waals surface area (Å²) in [5.41, 5.74) is 5.17. The third-order valence-corrected chi connectivity index (χ3v) is 5.04. The van der Waals surface area contributed by atoms with Gasteiger partial charge in [-0.15, -0.1) is 0 Å². The molecule has 1 aromatic heterocycles. The minimum absolute atomic E-state index is 0.0586. The van der Waals surface area contributed by atoms with Crippen LogP contribution in [0.15, 0.2) is 60.7 Å². The molecule has 3 aromatic rings. The van der Waals surface area contributed by atoms with E-state index in [2.05, 4.69) is 39.6 Å². The van der Waals surface area contributed by atoms with Crippen molar-refractivity contribution in [2.75, 3.05) is 6.54 Å². The molecule has 1 aliphatic rings. The zero-order chi connectivity index (χ0) is 18.6. The van der Waals surface area contributed by atoms with Crippen LogP contribution in [-0.2, 0) is 33.1 Å². The summed E-state index contributed by atoms with van der Waals surface area (Å²) in [6.45, 7) is 3.13. The SMILES string of the molecule is Cn1nc2c(c1C(=O)NCc1ccccc1)CN(Cc1ccccc1)CC2. The molecular weight excluding hydrogens is 336 g/mol. The van der Waals surface area contributed by atoms with Crippen LogP contribution in [0.1, 0.15) is 32.9 Å². The van der Waals surface area contributed by atoms with Gasteiger partial charge in [-0.3, -0.25) is 14.4 Å². The lowest BCUT2D eigenvalue weighted by molar-refractivity contribution is 0.0939. The Balaban J connectivity index is 1.48. The van der Waals surface area contributed by atoms with Crippen molar-refractivity contribution in [2.24, 2.45) is 7.05 Å². The summed E-state index contributed by atoms with van der Waals surface area (Å²) < 4.78 is 1.73. The maximum absolute atomic E-state index is 12.8. The van der Waals surface area contributed by atoms with Crippen molar-refractivity contribution in [2.45, 2.75) is 26.1 Å². The minimum Gasteiger partial charge on any atom is -0.347 e. The molecule has 2 heterocycles. The molecule has 1 N–H and O–H groups in total. The topological polar surface area (TPSA) is 50.2 Å². The minimum atomic E-state index is -0.0586. The Morgan fingerprint density at radius 2 is 1.70 bits per heavy atom. The average Bonchev–Trinajstić information content (AvgIpc) is 3.03. The highest BCUT2D eigenvalue weighted by Gasteiger charge is 2.27. The molecule has 0 unspecified atom stereocenters. The quantitative estimate of drug-likeness (QED) is 0.761. The highest BCUT2D eigenvalue weighted by Crippen LogP contribution is 2.23. The van der Waals surface area contributed by atoms with Gasteiger partial charge in [0, 0.05) is 45.2 Å². The van der Waals surface area contributed by atoms with Crippen molar-refractivity contribution >= 4 is 5.91 Å². The van der Waals surface area contributed by atoms with Crippen LogP contribution >= 0.6 is 0 Å². The van der Waals surface area contributed by atoms with Crippen LogP contribution in [0.5, 0.6) is 0 Å². The van der Waals surface area contributed by atoms with Crippen molar-refractivity contribution in [3.05, 3.63) is 88.7 Å². The largest absolute Gasteiger partial charge is 0.347 e. The third-order valence-electron chi connectivity index (χ3n) is 5.04. The summed E-state index contributed by atoms with van der Waals surface area (Å²) in [6.07, 6.45) is 0.877. The fourth-order valence-corrected chi connectivity index (χ4v) is 3.68. The predicted molar refractivity (Wildman–Crippen MR) is 105 cm³/mol. The molecule has 0 atom stereocenters. The van der Waals surface area contributed by atoms with Gasteiger partial charge in [0.25, 0.3) is 5.91 Å². The number of benzene rings is 2. The number of amides is 1. The Morgan fingerprint density at radius 3 is 2.41 bits per heavy atom. The van der Waals surface area contributed by atoms with E-state index in [4.69, 9.17) is 0 Å². The van der Waals surface area contributed by atoms with Gasteiger partial charge in [-0.25, -0.2) is 0 Å². The molecule has 4 rings (SSSR count). The van der Waals surface area contributed by atoms with Crippen molar-refractivity contribution in [3.63, 3.8) is 0 Å². The summed E-state index contributed by atoms with van der Waals surface area (Å²) >= 11 is 0. The van der Waals surface area contributed by atoms with Gasteiger partial charge in [-0.05, 0) is 11.1 Å². The molecule has 2 aromatic carbocycles. The number of aromatic nitrogens is 2. The maximum Gasteiger partial charge on any atom is 0.270 e. The molecule has 0 spiro atoms. The second kappa shape index (κ2) is 7.76. The molecular formula is C22H24N4O. The Hall–Kier alpha value is -2.92. The van der Waals surface area contributed by atoms with Crippen molar-refractivity contribution < 1.29 is 4.79 Å². The number of hydrogen-bond donors (Lipinski definition) is 1. The summed E-state index contributed by atoms with van der Waals surface area (Å²) in [6, 6.07) is 20.4. The smallest absolute Gasteiger partial charge is 0.270 e. The third kappa shape index (κ3) is 3.93. The van der Waals surface area contributed by atoms with Crippen LogP contribution in [0.2, 0.25) is 0 Å². The van der Waals surface area contributed by atoms with Gasteiger partial charge in [0.05, 0.1) is 5.69 Å². The van der Waals surface area contributed by atoms with E-state index in [1.165, 1.54) is 5.56 Å². The molecule has 0 saturated carbocycles. The molecule has 0 fully saturated rings. The van der Waals surface area contributed by atoms with Gasteiger partial charge >= 0.3 is 0 Å². The Kier molecular flexibility index (Phi) is 5.03. The lowest BCUT2D eigenvalue weighted by atomic mass is 10.0. The van der Waals surface area contributed by atoms with Crippen LogP contribution in [0.4, 0.5) is 0 Å². The molecule has 5 nitrogen and oxygen atoms in total. The molecule has 5 heteroatoms. The maximum atomic E-state index is 12.8. The number of carbonyl (C=O) groups is 1. The predicted octanol–water partition coefficient (Wildman–Crippen LogP) is 2.91. The lowest BCUT2D eigenvalue weighted by Gasteiger charge is -2.26. The molecule has 0 saturated heterocycles. The van der Waals surface area contributed by atoms with Gasteiger partial charge in [0.1, 0.15) is 5.69 Å². The second-order valence-corrected chi connectivity index (χ2v) is 7.01. The highest BCUT2D eigenvalue weighted by molar-refractivity contribution is 5.94. The second-order valence-electron chi connectivity index (χ2n) is 7.01. The van der Waals surface area contributed by atoms with E-state index in [0.717, 1.165) is 42.9 Å². The highest BCUT2D eigenvalue weighted by atomic mass is 16.2. The van der Waals surface area contributed by atoms with Crippen LogP contribution < -0.4 is 5.32 Å². The van der Waals surface area contributed by atoms with E-state index in [1.54, 1.807) is 4.68 Å². The number of rotatable bonds is 5. The fourth-order valence-electron chi connectivity index (χ4n) is 3.68. The monoisotopic (exact) mass is 360 g/mol. The van der Waals surface area contributed by atoms with Crippen molar-refractivity contribution in [3.8, 4) is 0 Å². The Bertz CT molecular complexity index is 918. The number of nitrogens with one attached hydrogen (secondary N) is 1. The first-order valence-corrected chi connectivity index (χ1v) is 9.34. The number of nitrogens with zero attached hydrogens (tertiary/aromatic N) is 3. The molecule has 1 amide bonds. The molecule has 0 bridgehead atoms. The first kappa shape index (κ1) is 17.5. The van der Waals surface area contributed by atoms with Crippen LogP contribution in [0.3, 0.4) is 0 Å². The summed E-state index contributed by atoms with van der Waals surface area (Å²) in [4.78, 5) is 15.2. The molecule has 1 aliphatic heterocycles. The summed E-state index contributed by atoms with van der Waals surface area (Å²) in [7, 11) is 1.86. The average molecular weight is 360 g/mol. The van der Waals surface area contributed by atoms with Gasteiger partial charge in [-0.2, -0.15) is 5.10 Å². The van der Waals surface area contributed by atoms with Gasteiger partial charge in [-0.1, -0.05) is 60.7 Å². The molecule has 0 aliphatic carbocycles. The standard InChI is InChI=1S/C22H24N4O/c1-25-21(22(27)23-14-17-8-4-2-5-9-17)19-16-26(13-12-20(19)24-25)15-18-10-6-3-7-11-18/h2-11H,12-16H2,1H3,(H,23,27). The normalized spacial score (nSPS) is 14.0. The van der Waals surface area contributed by atoms with Crippen LogP contribution in [0.25, 0.3) is 0 Å². The van der Waals surface area contributed by atoms with E-state index >= 15 is 0 Å². The first-order chi connectivity index (χ1) is 13.2. The van der Waals surface area contributed by atoms with Crippen LogP contribution in [-0.4, -0.2) is 27.1 Å². The summed E-state index contributed by atoms with van der Waals surface area (Å²) in [5, 5.41) is 7.64. The van der Waals surface area contributed by atoms with E-state index in [0.29, 0.717) is 12.2 Å². The van der Waals surface area contributed by atoms with Crippen LogP contribution in [0, 0.1) is 0 Å². The van der Waals surface area contributed by atoms with Gasteiger partial charge in [0.2, 0.25) is 0 Å². The lowest BCUT2D eigenvalue weighted by Crippen LogP contribution is -2.32. The Morgan fingerprint density at radius 1 is 1.04 bits per heavy atom. The summed E-state index contributed by atoms with van der Waals surface area (Å²) in [5.74, 6) is -0.0586. The fraction of sp³-hybridized carbons (Fsp3) is 0.273. The Labute approximate surface area is 159 Å². The molecule has 0 radical (unpaired) electrons. The zero-order valence-corrected chi connectivity index (χ0v) is 15.6. The first-order valence-electron chi connectivity index (χ1n) is 9.34. The number of aryl methyl sites for hydroxylation is 1. The van der Waals surface area contributed by atoms with Crippen molar-refractivity contribution in [1.29, 1.82) is 0 Å². The van der Waals surface area contributed by atoms with E-state index in [9.17, 15) is 4.79 Å². The van der Waals surface area contributed by atoms with E-state index in [1.807, 2.05) is 43.4 Å².